The first-order valence-corrected chi connectivity index (χ1v) is 15.0. The second kappa shape index (κ2) is 15.3. The molecular formula is C36H40N2O7. The molecule has 0 saturated heterocycles. The predicted molar refractivity (Wildman–Crippen MR) is 172 cm³/mol. The van der Waals surface area contributed by atoms with Crippen LogP contribution in [0.3, 0.4) is 0 Å². The van der Waals surface area contributed by atoms with E-state index >= 15 is 0 Å². The molecule has 4 aromatic rings. The van der Waals surface area contributed by atoms with Gasteiger partial charge in [0, 0.05) is 13.0 Å². The third kappa shape index (κ3) is 9.38. The van der Waals surface area contributed by atoms with Crippen LogP contribution in [0.1, 0.15) is 31.9 Å². The van der Waals surface area contributed by atoms with Crippen molar-refractivity contribution < 1.29 is 34.1 Å². The van der Waals surface area contributed by atoms with Crippen LogP contribution in [0, 0.1) is 5.92 Å². The van der Waals surface area contributed by atoms with E-state index < -0.39 is 36.3 Å². The van der Waals surface area contributed by atoms with E-state index in [9.17, 15) is 24.6 Å². The van der Waals surface area contributed by atoms with Crippen LogP contribution < -0.4 is 5.32 Å². The standard InChI is InChI=1S/C36H40N2O7/c1-4-44-34(40)36(42,43)24-38(22-25(2)3)35(41)37-32(33(39)45-23-27-10-6-5-7-11-27)20-26-14-16-29(17-15-26)31-19-18-28-12-8-9-13-30(28)21-31/h5-19,21,25,32,42-43H,4,20,22-24H2,1-3H3,(H,37,41). The topological polar surface area (TPSA) is 125 Å². The smallest absolute Gasteiger partial charge is 0.368 e. The fourth-order valence-electron chi connectivity index (χ4n) is 4.94. The molecule has 0 fully saturated rings. The van der Waals surface area contributed by atoms with Gasteiger partial charge in [0.25, 0.3) is 5.79 Å². The summed E-state index contributed by atoms with van der Waals surface area (Å²) in [7, 11) is 0. The molecule has 0 spiro atoms. The summed E-state index contributed by atoms with van der Waals surface area (Å²) in [4.78, 5) is 40.1. The van der Waals surface area contributed by atoms with Gasteiger partial charge in [-0.2, -0.15) is 0 Å². The molecule has 1 atom stereocenters. The molecule has 0 aliphatic heterocycles. The molecule has 0 heterocycles. The first kappa shape index (κ1) is 33.2. The number of ether oxygens (including phenoxy) is 2. The van der Waals surface area contributed by atoms with Crippen LogP contribution in [0.5, 0.6) is 0 Å². The molecule has 0 radical (unpaired) electrons. The quantitative estimate of drug-likeness (QED) is 0.142. The van der Waals surface area contributed by atoms with Crippen molar-refractivity contribution in [2.24, 2.45) is 5.92 Å². The summed E-state index contributed by atoms with van der Waals surface area (Å²) < 4.78 is 10.3. The van der Waals surface area contributed by atoms with Crippen LogP contribution in [0.4, 0.5) is 4.79 Å². The third-order valence-corrected chi connectivity index (χ3v) is 7.17. The molecule has 3 N–H and O–H groups in total. The van der Waals surface area contributed by atoms with Crippen molar-refractivity contribution in [3.63, 3.8) is 0 Å². The largest absolute Gasteiger partial charge is 0.462 e. The van der Waals surface area contributed by atoms with Gasteiger partial charge in [-0.25, -0.2) is 14.4 Å². The summed E-state index contributed by atoms with van der Waals surface area (Å²) in [5.74, 6) is -4.93. The highest BCUT2D eigenvalue weighted by atomic mass is 16.6. The number of nitrogens with one attached hydrogen (secondary N) is 1. The van der Waals surface area contributed by atoms with E-state index in [-0.39, 0.29) is 32.1 Å². The number of urea groups is 1. The number of benzene rings is 4. The summed E-state index contributed by atoms with van der Waals surface area (Å²) >= 11 is 0. The van der Waals surface area contributed by atoms with Crippen molar-refractivity contribution >= 4 is 28.7 Å². The summed E-state index contributed by atoms with van der Waals surface area (Å²) in [6, 6.07) is 29.4. The van der Waals surface area contributed by atoms with Crippen LogP contribution in [-0.4, -0.2) is 64.6 Å². The van der Waals surface area contributed by atoms with E-state index in [1.165, 1.54) is 6.92 Å². The Balaban J connectivity index is 1.54. The molecule has 4 aromatic carbocycles. The van der Waals surface area contributed by atoms with Crippen molar-refractivity contribution in [3.8, 4) is 11.1 Å². The van der Waals surface area contributed by atoms with Crippen molar-refractivity contribution in [1.29, 1.82) is 0 Å². The number of hydrogen-bond acceptors (Lipinski definition) is 7. The molecule has 2 amide bonds. The molecule has 4 rings (SSSR count). The van der Waals surface area contributed by atoms with Gasteiger partial charge in [0.1, 0.15) is 12.6 Å². The number of nitrogens with zero attached hydrogens (tertiary/aromatic N) is 1. The average Bonchev–Trinajstić information content (AvgIpc) is 3.03. The maximum absolute atomic E-state index is 13.5. The average molecular weight is 613 g/mol. The number of aliphatic hydroxyl groups is 2. The SMILES string of the molecule is CCOC(=O)C(O)(O)CN(CC(C)C)C(=O)NC(Cc1ccc(-c2ccc3ccccc3c2)cc1)C(=O)OCc1ccccc1. The predicted octanol–water partition coefficient (Wildman–Crippen LogP) is 5.07. The Morgan fingerprint density at radius 3 is 2.11 bits per heavy atom. The van der Waals surface area contributed by atoms with Gasteiger partial charge in [-0.15, -0.1) is 0 Å². The Morgan fingerprint density at radius 1 is 0.800 bits per heavy atom. The second-order valence-electron chi connectivity index (χ2n) is 11.4. The van der Waals surface area contributed by atoms with Crippen LogP contribution in [0.25, 0.3) is 21.9 Å². The van der Waals surface area contributed by atoms with Gasteiger partial charge >= 0.3 is 18.0 Å². The number of esters is 2. The number of fused-ring (bicyclic) bond motifs is 1. The first-order chi connectivity index (χ1) is 21.6. The maximum atomic E-state index is 13.5. The fraction of sp³-hybridized carbons (Fsp3) is 0.306. The van der Waals surface area contributed by atoms with Crippen molar-refractivity contribution in [1.82, 2.24) is 10.2 Å². The van der Waals surface area contributed by atoms with Crippen LogP contribution in [0.2, 0.25) is 0 Å². The molecule has 0 aromatic heterocycles. The maximum Gasteiger partial charge on any atom is 0.368 e. The monoisotopic (exact) mass is 612 g/mol. The number of hydrogen-bond donors (Lipinski definition) is 3. The second-order valence-corrected chi connectivity index (χ2v) is 11.4. The highest BCUT2D eigenvalue weighted by Crippen LogP contribution is 2.25. The number of carbonyl (C=O) groups excluding carboxylic acids is 3. The molecule has 1 unspecified atom stereocenters. The minimum Gasteiger partial charge on any atom is -0.462 e. The zero-order valence-electron chi connectivity index (χ0n) is 25.8. The Morgan fingerprint density at radius 2 is 1.44 bits per heavy atom. The number of carbonyl (C=O) groups is 3. The minimum absolute atomic E-state index is 0.0158. The lowest BCUT2D eigenvalue weighted by Gasteiger charge is -2.31. The lowest BCUT2D eigenvalue weighted by atomic mass is 9.98. The molecule has 236 valence electrons. The van der Waals surface area contributed by atoms with E-state index in [1.54, 1.807) is 0 Å². The van der Waals surface area contributed by atoms with Crippen LogP contribution >= 0.6 is 0 Å². The van der Waals surface area contributed by atoms with Gasteiger partial charge in [-0.05, 0) is 51.9 Å². The van der Waals surface area contributed by atoms with E-state index in [2.05, 4.69) is 35.6 Å². The number of rotatable bonds is 13. The zero-order chi connectivity index (χ0) is 32.4. The molecule has 0 saturated carbocycles. The van der Waals surface area contributed by atoms with Crippen molar-refractivity contribution in [2.45, 2.75) is 45.6 Å². The van der Waals surface area contributed by atoms with Gasteiger partial charge in [0.05, 0.1) is 13.2 Å². The van der Waals surface area contributed by atoms with Gasteiger partial charge < -0.3 is 29.9 Å². The molecule has 9 nitrogen and oxygen atoms in total. The first-order valence-electron chi connectivity index (χ1n) is 15.0. The van der Waals surface area contributed by atoms with Gasteiger partial charge in [0.2, 0.25) is 0 Å². The van der Waals surface area contributed by atoms with Gasteiger partial charge in [-0.3, -0.25) is 0 Å². The van der Waals surface area contributed by atoms with E-state index in [0.29, 0.717) is 0 Å². The lowest BCUT2D eigenvalue weighted by molar-refractivity contribution is -0.212. The Bertz CT molecular complexity index is 1590. The third-order valence-electron chi connectivity index (χ3n) is 7.17. The summed E-state index contributed by atoms with van der Waals surface area (Å²) in [6.07, 6.45) is 0.119. The van der Waals surface area contributed by atoms with Crippen molar-refractivity contribution in [2.75, 3.05) is 19.7 Å². The molecule has 0 aliphatic rings. The lowest BCUT2D eigenvalue weighted by Crippen LogP contribution is -2.56. The van der Waals surface area contributed by atoms with E-state index in [0.717, 1.165) is 37.9 Å². The minimum atomic E-state index is -2.93. The molecule has 9 heteroatoms. The Hall–Kier alpha value is -4.73. The zero-order valence-corrected chi connectivity index (χ0v) is 25.8. The van der Waals surface area contributed by atoms with E-state index in [4.69, 9.17) is 9.47 Å². The molecule has 45 heavy (non-hydrogen) atoms. The van der Waals surface area contributed by atoms with Crippen LogP contribution in [0.15, 0.2) is 97.1 Å². The van der Waals surface area contributed by atoms with Crippen LogP contribution in [-0.2, 0) is 32.1 Å². The van der Waals surface area contributed by atoms with Gasteiger partial charge in [-0.1, -0.05) is 105 Å². The summed E-state index contributed by atoms with van der Waals surface area (Å²) in [5, 5.41) is 25.8. The van der Waals surface area contributed by atoms with E-state index in [1.807, 2.05) is 80.6 Å². The fourth-order valence-corrected chi connectivity index (χ4v) is 4.94. The van der Waals surface area contributed by atoms with Crippen molar-refractivity contribution in [3.05, 3.63) is 108 Å². The molecular weight excluding hydrogens is 572 g/mol. The normalized spacial score (nSPS) is 12.0. The summed E-state index contributed by atoms with van der Waals surface area (Å²) in [5.41, 5.74) is 3.62. The molecule has 0 aliphatic carbocycles. The summed E-state index contributed by atoms with van der Waals surface area (Å²) in [6.45, 7) is 4.50. The highest BCUT2D eigenvalue weighted by Gasteiger charge is 2.39. The molecule has 0 bridgehead atoms. The number of amides is 2. The Labute approximate surface area is 263 Å². The van der Waals surface area contributed by atoms with Gasteiger partial charge in [0.15, 0.2) is 0 Å². The Kier molecular flexibility index (Phi) is 11.3. The highest BCUT2D eigenvalue weighted by molar-refractivity contribution is 5.87.